The van der Waals surface area contributed by atoms with Gasteiger partial charge in [0.05, 0.1) is 0 Å². The molecule has 3 heteroatoms. The summed E-state index contributed by atoms with van der Waals surface area (Å²) in [7, 11) is 0. The number of halogens is 1. The van der Waals surface area contributed by atoms with E-state index >= 15 is 0 Å². The van der Waals surface area contributed by atoms with Crippen LogP contribution < -0.4 is 5.32 Å². The van der Waals surface area contributed by atoms with E-state index < -0.39 is 0 Å². The van der Waals surface area contributed by atoms with Gasteiger partial charge in [-0.05, 0) is 24.1 Å². The van der Waals surface area contributed by atoms with Gasteiger partial charge in [-0.2, -0.15) is 0 Å². The quantitative estimate of drug-likeness (QED) is 0.804. The fourth-order valence-electron chi connectivity index (χ4n) is 2.33. The Labute approximate surface area is 102 Å². The van der Waals surface area contributed by atoms with Crippen molar-refractivity contribution >= 4 is 0 Å². The van der Waals surface area contributed by atoms with E-state index in [0.717, 1.165) is 32.6 Å². The molecule has 1 aromatic rings. The molecule has 0 aromatic heterocycles. The molecule has 1 aliphatic heterocycles. The predicted molar refractivity (Wildman–Crippen MR) is 68.4 cm³/mol. The lowest BCUT2D eigenvalue weighted by Gasteiger charge is -2.34. The third kappa shape index (κ3) is 3.14. The third-order valence-corrected chi connectivity index (χ3v) is 3.24. The van der Waals surface area contributed by atoms with Gasteiger partial charge in [0.25, 0.3) is 0 Å². The summed E-state index contributed by atoms with van der Waals surface area (Å²) < 4.78 is 12.9. The van der Waals surface area contributed by atoms with E-state index in [-0.39, 0.29) is 5.82 Å². The molecule has 0 saturated carbocycles. The third-order valence-electron chi connectivity index (χ3n) is 3.24. The number of nitrogens with zero attached hydrogens (tertiary/aromatic N) is 1. The molecule has 1 saturated heterocycles. The summed E-state index contributed by atoms with van der Waals surface area (Å²) in [5.74, 6) is -0.175. The van der Waals surface area contributed by atoms with E-state index in [1.807, 2.05) is 18.2 Å². The highest BCUT2D eigenvalue weighted by molar-refractivity contribution is 5.21. The topological polar surface area (TPSA) is 15.3 Å². The molecule has 1 atom stereocenters. The SMILES string of the molecule is C=CC[C@@H](c1ccc(F)cc1)N1CCNCC1. The van der Waals surface area contributed by atoms with Crippen LogP contribution in [0.2, 0.25) is 0 Å². The first-order chi connectivity index (χ1) is 8.31. The van der Waals surface area contributed by atoms with Gasteiger partial charge in [0.15, 0.2) is 0 Å². The van der Waals surface area contributed by atoms with Crippen molar-refractivity contribution in [3.63, 3.8) is 0 Å². The van der Waals surface area contributed by atoms with Gasteiger partial charge in [-0.25, -0.2) is 4.39 Å². The average Bonchev–Trinajstić information content (AvgIpc) is 2.38. The molecule has 17 heavy (non-hydrogen) atoms. The number of benzene rings is 1. The minimum Gasteiger partial charge on any atom is -0.314 e. The molecule has 1 heterocycles. The van der Waals surface area contributed by atoms with Crippen LogP contribution in [0.5, 0.6) is 0 Å². The lowest BCUT2D eigenvalue weighted by molar-refractivity contribution is 0.174. The lowest BCUT2D eigenvalue weighted by atomic mass is 10.0. The van der Waals surface area contributed by atoms with Crippen LogP contribution in [0.1, 0.15) is 18.0 Å². The maximum atomic E-state index is 12.9. The van der Waals surface area contributed by atoms with Gasteiger partial charge in [-0.1, -0.05) is 18.2 Å². The molecule has 1 aliphatic rings. The molecule has 0 radical (unpaired) electrons. The Hall–Kier alpha value is -1.19. The van der Waals surface area contributed by atoms with Crippen molar-refractivity contribution in [2.45, 2.75) is 12.5 Å². The summed E-state index contributed by atoms with van der Waals surface area (Å²) in [6.45, 7) is 7.94. The monoisotopic (exact) mass is 234 g/mol. The minimum atomic E-state index is -0.175. The Morgan fingerprint density at radius 1 is 1.29 bits per heavy atom. The van der Waals surface area contributed by atoms with Crippen molar-refractivity contribution in [3.05, 3.63) is 48.3 Å². The standard InChI is InChI=1S/C14H19FN2/c1-2-3-14(17-10-8-16-9-11-17)12-4-6-13(15)7-5-12/h2,4-7,14,16H,1,3,8-11H2/t14-/m0/s1. The Balaban J connectivity index is 2.15. The van der Waals surface area contributed by atoms with E-state index in [4.69, 9.17) is 0 Å². The Bertz CT molecular complexity index is 355. The van der Waals surface area contributed by atoms with Gasteiger partial charge < -0.3 is 5.32 Å². The molecular formula is C14H19FN2. The molecule has 0 unspecified atom stereocenters. The maximum absolute atomic E-state index is 12.9. The normalized spacial score (nSPS) is 18.9. The molecule has 92 valence electrons. The molecule has 2 rings (SSSR count). The second-order valence-corrected chi connectivity index (χ2v) is 4.38. The summed E-state index contributed by atoms with van der Waals surface area (Å²) in [5, 5.41) is 3.34. The number of nitrogens with one attached hydrogen (secondary N) is 1. The van der Waals surface area contributed by atoms with Crippen LogP contribution >= 0.6 is 0 Å². The first-order valence-electron chi connectivity index (χ1n) is 6.12. The van der Waals surface area contributed by atoms with Crippen LogP contribution in [0.4, 0.5) is 4.39 Å². The van der Waals surface area contributed by atoms with E-state index in [1.54, 1.807) is 0 Å². The Morgan fingerprint density at radius 3 is 2.53 bits per heavy atom. The zero-order valence-electron chi connectivity index (χ0n) is 10.0. The van der Waals surface area contributed by atoms with E-state index in [9.17, 15) is 4.39 Å². The number of piperazine rings is 1. The van der Waals surface area contributed by atoms with Crippen molar-refractivity contribution in [1.29, 1.82) is 0 Å². The Morgan fingerprint density at radius 2 is 1.94 bits per heavy atom. The van der Waals surface area contributed by atoms with Crippen LogP contribution in [-0.4, -0.2) is 31.1 Å². The van der Waals surface area contributed by atoms with Gasteiger partial charge in [-0.15, -0.1) is 6.58 Å². The van der Waals surface area contributed by atoms with Gasteiger partial charge in [-0.3, -0.25) is 4.90 Å². The molecule has 1 N–H and O–H groups in total. The fraction of sp³-hybridized carbons (Fsp3) is 0.429. The summed E-state index contributed by atoms with van der Waals surface area (Å²) in [6, 6.07) is 7.16. The molecule has 1 aromatic carbocycles. The molecule has 0 bridgehead atoms. The summed E-state index contributed by atoms with van der Waals surface area (Å²) in [6.07, 6.45) is 2.85. The van der Waals surface area contributed by atoms with Crippen LogP contribution in [0, 0.1) is 5.82 Å². The zero-order valence-corrected chi connectivity index (χ0v) is 10.0. The van der Waals surface area contributed by atoms with Crippen LogP contribution in [0.25, 0.3) is 0 Å². The first kappa shape index (κ1) is 12.3. The molecule has 0 amide bonds. The van der Waals surface area contributed by atoms with Crippen LogP contribution in [0.15, 0.2) is 36.9 Å². The van der Waals surface area contributed by atoms with Crippen LogP contribution in [0.3, 0.4) is 0 Å². The highest BCUT2D eigenvalue weighted by atomic mass is 19.1. The minimum absolute atomic E-state index is 0.175. The zero-order chi connectivity index (χ0) is 12.1. The highest BCUT2D eigenvalue weighted by Gasteiger charge is 2.20. The number of hydrogen-bond donors (Lipinski definition) is 1. The predicted octanol–water partition coefficient (Wildman–Crippen LogP) is 2.35. The molecule has 2 nitrogen and oxygen atoms in total. The first-order valence-corrected chi connectivity index (χ1v) is 6.12. The molecule has 0 aliphatic carbocycles. The smallest absolute Gasteiger partial charge is 0.123 e. The van der Waals surface area contributed by atoms with Crippen molar-refractivity contribution < 1.29 is 4.39 Å². The van der Waals surface area contributed by atoms with Crippen LogP contribution in [-0.2, 0) is 0 Å². The number of hydrogen-bond acceptors (Lipinski definition) is 2. The summed E-state index contributed by atoms with van der Waals surface area (Å²) in [4.78, 5) is 2.44. The van der Waals surface area contributed by atoms with Gasteiger partial charge in [0.1, 0.15) is 5.82 Å². The van der Waals surface area contributed by atoms with Gasteiger partial charge in [0, 0.05) is 32.2 Å². The van der Waals surface area contributed by atoms with E-state index in [1.165, 1.54) is 17.7 Å². The second kappa shape index (κ2) is 5.94. The largest absolute Gasteiger partial charge is 0.314 e. The maximum Gasteiger partial charge on any atom is 0.123 e. The van der Waals surface area contributed by atoms with Crippen molar-refractivity contribution in [2.75, 3.05) is 26.2 Å². The van der Waals surface area contributed by atoms with Crippen molar-refractivity contribution in [2.24, 2.45) is 0 Å². The highest BCUT2D eigenvalue weighted by Crippen LogP contribution is 2.25. The van der Waals surface area contributed by atoms with Crippen molar-refractivity contribution in [1.82, 2.24) is 10.2 Å². The van der Waals surface area contributed by atoms with Crippen molar-refractivity contribution in [3.8, 4) is 0 Å². The Kier molecular flexibility index (Phi) is 4.29. The number of rotatable bonds is 4. The molecular weight excluding hydrogens is 215 g/mol. The molecule has 1 fully saturated rings. The van der Waals surface area contributed by atoms with E-state index in [0.29, 0.717) is 6.04 Å². The average molecular weight is 234 g/mol. The van der Waals surface area contributed by atoms with Gasteiger partial charge in [0.2, 0.25) is 0 Å². The summed E-state index contributed by atoms with van der Waals surface area (Å²) in [5.41, 5.74) is 1.17. The van der Waals surface area contributed by atoms with E-state index in [2.05, 4.69) is 16.8 Å². The summed E-state index contributed by atoms with van der Waals surface area (Å²) >= 11 is 0. The van der Waals surface area contributed by atoms with Gasteiger partial charge >= 0.3 is 0 Å². The fourth-order valence-corrected chi connectivity index (χ4v) is 2.33. The second-order valence-electron chi connectivity index (χ2n) is 4.38. The lowest BCUT2D eigenvalue weighted by Crippen LogP contribution is -2.45. The molecule has 0 spiro atoms.